The third-order valence-electron chi connectivity index (χ3n) is 6.65. The number of nitrogens with one attached hydrogen (secondary N) is 1. The van der Waals surface area contributed by atoms with E-state index in [2.05, 4.69) is 16.3 Å². The number of anilines is 1. The molecule has 10 nitrogen and oxygen atoms in total. The van der Waals surface area contributed by atoms with Crippen LogP contribution in [-0.2, 0) is 11.3 Å². The van der Waals surface area contributed by atoms with Crippen molar-refractivity contribution in [1.29, 1.82) is 0 Å². The standard InChI is InChI=1S/C30H31N5O5S/c1-30(2,3)40-29(37)34-16-14-33(15-17-34)19-21-9-7-13-25-26(21)32-28(41-25)23-11-4-5-12-24(23)31-27(36)20-8-6-10-22(18-20)35(38)39/h4-13,18H,14-17,19H2,1-3H3,(H,31,36). The van der Waals surface area contributed by atoms with E-state index in [1.165, 1.54) is 29.5 Å². The van der Waals surface area contributed by atoms with E-state index < -0.39 is 16.4 Å². The number of piperazine rings is 1. The number of thiazole rings is 1. The van der Waals surface area contributed by atoms with Gasteiger partial charge in [0.05, 0.1) is 20.8 Å². The molecule has 11 heteroatoms. The first-order valence-corrected chi connectivity index (χ1v) is 14.1. The lowest BCUT2D eigenvalue weighted by molar-refractivity contribution is -0.384. The van der Waals surface area contributed by atoms with Crippen LogP contribution in [0.4, 0.5) is 16.2 Å². The normalized spacial score (nSPS) is 14.2. The molecular weight excluding hydrogens is 542 g/mol. The van der Waals surface area contributed by atoms with E-state index >= 15 is 0 Å². The average molecular weight is 574 g/mol. The van der Waals surface area contributed by atoms with Crippen LogP contribution >= 0.6 is 11.3 Å². The number of hydrogen-bond donors (Lipinski definition) is 1. The summed E-state index contributed by atoms with van der Waals surface area (Å²) in [6, 6.07) is 19.2. The van der Waals surface area contributed by atoms with E-state index in [0.717, 1.165) is 39.4 Å². The zero-order valence-corrected chi connectivity index (χ0v) is 23.9. The lowest BCUT2D eigenvalue weighted by Crippen LogP contribution is -2.49. The zero-order chi connectivity index (χ0) is 29.1. The first kappa shape index (κ1) is 28.2. The van der Waals surface area contributed by atoms with Gasteiger partial charge < -0.3 is 15.0 Å². The Morgan fingerprint density at radius 3 is 2.49 bits per heavy atom. The largest absolute Gasteiger partial charge is 0.444 e. The van der Waals surface area contributed by atoms with Gasteiger partial charge in [-0.3, -0.25) is 19.8 Å². The van der Waals surface area contributed by atoms with Crippen LogP contribution in [-0.4, -0.2) is 63.5 Å². The Hall–Kier alpha value is -4.35. The molecule has 5 rings (SSSR count). The molecule has 4 aromatic rings. The Kier molecular flexibility index (Phi) is 8.00. The van der Waals surface area contributed by atoms with Crippen LogP contribution in [0, 0.1) is 10.1 Å². The highest BCUT2D eigenvalue weighted by Crippen LogP contribution is 2.36. The van der Waals surface area contributed by atoms with E-state index in [4.69, 9.17) is 9.72 Å². The van der Waals surface area contributed by atoms with Crippen LogP contribution in [0.1, 0.15) is 36.7 Å². The van der Waals surface area contributed by atoms with Gasteiger partial charge in [-0.1, -0.05) is 30.3 Å². The number of para-hydroxylation sites is 2. The summed E-state index contributed by atoms with van der Waals surface area (Å²) in [5, 5.41) is 14.8. The first-order valence-electron chi connectivity index (χ1n) is 13.3. The molecule has 212 valence electrons. The van der Waals surface area contributed by atoms with Crippen molar-refractivity contribution in [2.75, 3.05) is 31.5 Å². The molecule has 0 atom stereocenters. The number of ether oxygens (including phenoxy) is 1. The number of nitrogens with zero attached hydrogens (tertiary/aromatic N) is 4. The number of fused-ring (bicyclic) bond motifs is 1. The van der Waals surface area contributed by atoms with Gasteiger partial charge in [0.1, 0.15) is 10.6 Å². The van der Waals surface area contributed by atoms with Crippen molar-refractivity contribution in [3.8, 4) is 10.6 Å². The maximum Gasteiger partial charge on any atom is 0.410 e. The summed E-state index contributed by atoms with van der Waals surface area (Å²) in [6.07, 6.45) is -0.278. The Morgan fingerprint density at radius 2 is 1.76 bits per heavy atom. The van der Waals surface area contributed by atoms with Gasteiger partial charge in [0, 0.05) is 56.0 Å². The summed E-state index contributed by atoms with van der Waals surface area (Å²) in [7, 11) is 0. The van der Waals surface area contributed by atoms with E-state index in [1.807, 2.05) is 51.1 Å². The molecule has 2 heterocycles. The van der Waals surface area contributed by atoms with Crippen LogP contribution < -0.4 is 5.32 Å². The maximum atomic E-state index is 13.0. The third-order valence-corrected chi connectivity index (χ3v) is 7.70. The summed E-state index contributed by atoms with van der Waals surface area (Å²) in [5.74, 6) is -0.437. The van der Waals surface area contributed by atoms with Crippen molar-refractivity contribution in [3.05, 3.63) is 88.0 Å². The smallest absolute Gasteiger partial charge is 0.410 e. The monoisotopic (exact) mass is 573 g/mol. The van der Waals surface area contributed by atoms with Crippen molar-refractivity contribution in [2.24, 2.45) is 0 Å². The molecular formula is C30H31N5O5S. The van der Waals surface area contributed by atoms with Crippen molar-refractivity contribution in [3.63, 3.8) is 0 Å². The Morgan fingerprint density at radius 1 is 1.02 bits per heavy atom. The molecule has 1 aliphatic rings. The number of carbonyl (C=O) groups is 2. The van der Waals surface area contributed by atoms with Gasteiger partial charge in [-0.05, 0) is 50.6 Å². The molecule has 1 aromatic heterocycles. The summed E-state index contributed by atoms with van der Waals surface area (Å²) in [4.78, 5) is 45.1. The van der Waals surface area contributed by atoms with Gasteiger partial charge in [-0.15, -0.1) is 11.3 Å². The van der Waals surface area contributed by atoms with Crippen LogP contribution in [0.5, 0.6) is 0 Å². The minimum Gasteiger partial charge on any atom is -0.444 e. The predicted octanol–water partition coefficient (Wildman–Crippen LogP) is 6.18. The summed E-state index contributed by atoms with van der Waals surface area (Å²) >= 11 is 1.54. The van der Waals surface area contributed by atoms with Crippen molar-refractivity contribution < 1.29 is 19.2 Å². The predicted molar refractivity (Wildman–Crippen MR) is 159 cm³/mol. The molecule has 0 radical (unpaired) electrons. The van der Waals surface area contributed by atoms with Crippen LogP contribution in [0.15, 0.2) is 66.7 Å². The number of hydrogen-bond acceptors (Lipinski definition) is 8. The van der Waals surface area contributed by atoms with Crippen LogP contribution in [0.3, 0.4) is 0 Å². The molecule has 0 unspecified atom stereocenters. The quantitative estimate of drug-likeness (QED) is 0.216. The van der Waals surface area contributed by atoms with Crippen molar-refractivity contribution >= 4 is 44.9 Å². The van der Waals surface area contributed by atoms with Gasteiger partial charge in [0.15, 0.2) is 0 Å². The van der Waals surface area contributed by atoms with Crippen LogP contribution in [0.25, 0.3) is 20.8 Å². The second kappa shape index (κ2) is 11.6. The molecule has 1 fully saturated rings. The Labute approximate surface area is 241 Å². The van der Waals surface area contributed by atoms with E-state index in [1.54, 1.807) is 17.0 Å². The highest BCUT2D eigenvalue weighted by atomic mass is 32.1. The summed E-state index contributed by atoms with van der Waals surface area (Å²) in [6.45, 7) is 8.98. The Balaban J connectivity index is 1.32. The minimum atomic E-state index is -0.523. The topological polar surface area (TPSA) is 118 Å². The molecule has 0 spiro atoms. The van der Waals surface area contributed by atoms with Crippen molar-refractivity contribution in [1.82, 2.24) is 14.8 Å². The number of nitro groups is 1. The Bertz CT molecular complexity index is 1600. The van der Waals surface area contributed by atoms with Crippen LogP contribution in [0.2, 0.25) is 0 Å². The molecule has 0 saturated carbocycles. The second-order valence-corrected chi connectivity index (χ2v) is 11.9. The highest BCUT2D eigenvalue weighted by Gasteiger charge is 2.26. The maximum absolute atomic E-state index is 13.0. The lowest BCUT2D eigenvalue weighted by atomic mass is 10.1. The van der Waals surface area contributed by atoms with Crippen molar-refractivity contribution in [2.45, 2.75) is 32.9 Å². The molecule has 0 aliphatic carbocycles. The zero-order valence-electron chi connectivity index (χ0n) is 23.1. The highest BCUT2D eigenvalue weighted by molar-refractivity contribution is 7.21. The van der Waals surface area contributed by atoms with Gasteiger partial charge in [-0.2, -0.15) is 0 Å². The number of nitro benzene ring substituents is 1. The molecule has 1 saturated heterocycles. The molecule has 1 aliphatic heterocycles. The first-order chi connectivity index (χ1) is 19.6. The van der Waals surface area contributed by atoms with Gasteiger partial charge in [-0.25, -0.2) is 9.78 Å². The number of non-ortho nitro benzene ring substituents is 1. The number of carbonyl (C=O) groups excluding carboxylic acids is 2. The summed E-state index contributed by atoms with van der Waals surface area (Å²) < 4.78 is 6.55. The molecule has 41 heavy (non-hydrogen) atoms. The number of aromatic nitrogens is 1. The number of benzene rings is 3. The molecule has 0 bridgehead atoms. The van der Waals surface area contributed by atoms with E-state index in [9.17, 15) is 19.7 Å². The van der Waals surface area contributed by atoms with E-state index in [-0.39, 0.29) is 17.3 Å². The molecule has 1 N–H and O–H groups in total. The number of amides is 2. The average Bonchev–Trinajstić information content (AvgIpc) is 3.38. The fraction of sp³-hybridized carbons (Fsp3) is 0.300. The van der Waals surface area contributed by atoms with Gasteiger partial charge >= 0.3 is 6.09 Å². The van der Waals surface area contributed by atoms with Gasteiger partial charge in [0.25, 0.3) is 11.6 Å². The fourth-order valence-corrected chi connectivity index (χ4v) is 5.69. The summed E-state index contributed by atoms with van der Waals surface area (Å²) in [5.41, 5.74) is 2.88. The lowest BCUT2D eigenvalue weighted by Gasteiger charge is -2.35. The second-order valence-electron chi connectivity index (χ2n) is 10.8. The van der Waals surface area contributed by atoms with E-state index in [0.29, 0.717) is 25.3 Å². The minimum absolute atomic E-state index is 0.143. The molecule has 2 amide bonds. The SMILES string of the molecule is CC(C)(C)OC(=O)N1CCN(Cc2cccc3sc(-c4ccccc4NC(=O)c4cccc([N+](=O)[O-])c4)nc23)CC1. The molecule has 3 aromatic carbocycles. The third kappa shape index (κ3) is 6.69. The van der Waals surface area contributed by atoms with Gasteiger partial charge in [0.2, 0.25) is 0 Å². The number of rotatable bonds is 6. The fourth-order valence-electron chi connectivity index (χ4n) is 4.64.